The molecule has 2 N–H and O–H groups in total. The molecule has 3 unspecified atom stereocenters. The predicted molar refractivity (Wildman–Crippen MR) is 85.0 cm³/mol. The van der Waals surface area contributed by atoms with Crippen LogP contribution in [0.1, 0.15) is 57.8 Å². The summed E-state index contributed by atoms with van der Waals surface area (Å²) in [5.41, 5.74) is 0.465. The number of piperidine rings is 1. The standard InChI is InChI=1S/C17H33N3/c1-20(2)17(10-6-11-17)13-19-16-9-5-7-14(16)15-8-3-4-12-18-15/h14-16,18-19H,3-13H2,1-2H3. The number of hydrogen-bond acceptors (Lipinski definition) is 3. The van der Waals surface area contributed by atoms with Crippen LogP contribution in [-0.4, -0.2) is 49.7 Å². The molecule has 0 amide bonds. The van der Waals surface area contributed by atoms with Crippen molar-refractivity contribution in [1.29, 1.82) is 0 Å². The zero-order valence-corrected chi connectivity index (χ0v) is 13.5. The van der Waals surface area contributed by atoms with Crippen molar-refractivity contribution < 1.29 is 0 Å². The van der Waals surface area contributed by atoms with Crippen LogP contribution in [0.2, 0.25) is 0 Å². The van der Waals surface area contributed by atoms with E-state index < -0.39 is 0 Å². The lowest BCUT2D eigenvalue weighted by Gasteiger charge is -2.48. The van der Waals surface area contributed by atoms with E-state index in [1.54, 1.807) is 0 Å². The minimum atomic E-state index is 0.465. The second-order valence-electron chi connectivity index (χ2n) is 7.61. The van der Waals surface area contributed by atoms with Gasteiger partial charge in [0.1, 0.15) is 0 Å². The van der Waals surface area contributed by atoms with Gasteiger partial charge in [0.2, 0.25) is 0 Å². The van der Waals surface area contributed by atoms with Gasteiger partial charge in [0, 0.05) is 24.2 Å². The normalized spacial score (nSPS) is 37.0. The molecule has 0 spiro atoms. The van der Waals surface area contributed by atoms with Crippen molar-refractivity contribution in [3.05, 3.63) is 0 Å². The molecule has 3 fully saturated rings. The zero-order chi connectivity index (χ0) is 14.0. The smallest absolute Gasteiger partial charge is 0.0328 e. The first kappa shape index (κ1) is 14.8. The average molecular weight is 279 g/mol. The van der Waals surface area contributed by atoms with E-state index in [0.29, 0.717) is 5.54 Å². The van der Waals surface area contributed by atoms with Gasteiger partial charge in [0.25, 0.3) is 0 Å². The fourth-order valence-electron chi connectivity index (χ4n) is 4.66. The quantitative estimate of drug-likeness (QED) is 0.809. The van der Waals surface area contributed by atoms with Crippen molar-refractivity contribution in [3.63, 3.8) is 0 Å². The third-order valence-electron chi connectivity index (χ3n) is 6.36. The fraction of sp³-hybridized carbons (Fsp3) is 1.00. The molecule has 3 heteroatoms. The Labute approximate surface area is 124 Å². The molecular formula is C17H33N3. The molecule has 0 bridgehead atoms. The maximum Gasteiger partial charge on any atom is 0.0328 e. The fourth-order valence-corrected chi connectivity index (χ4v) is 4.66. The highest BCUT2D eigenvalue weighted by molar-refractivity contribution is 5.00. The first-order valence-electron chi connectivity index (χ1n) is 8.85. The highest BCUT2D eigenvalue weighted by Crippen LogP contribution is 2.37. The number of rotatable bonds is 5. The Hall–Kier alpha value is -0.120. The van der Waals surface area contributed by atoms with E-state index in [1.165, 1.54) is 70.9 Å². The van der Waals surface area contributed by atoms with Gasteiger partial charge in [0.15, 0.2) is 0 Å². The van der Waals surface area contributed by atoms with Gasteiger partial charge in [0.05, 0.1) is 0 Å². The number of nitrogens with zero attached hydrogens (tertiary/aromatic N) is 1. The van der Waals surface area contributed by atoms with Gasteiger partial charge < -0.3 is 15.5 Å². The van der Waals surface area contributed by atoms with Crippen LogP contribution >= 0.6 is 0 Å². The topological polar surface area (TPSA) is 27.3 Å². The van der Waals surface area contributed by atoms with E-state index >= 15 is 0 Å². The van der Waals surface area contributed by atoms with E-state index in [0.717, 1.165) is 18.0 Å². The predicted octanol–water partition coefficient (Wildman–Crippen LogP) is 2.37. The molecule has 3 aliphatic rings. The van der Waals surface area contributed by atoms with Crippen LogP contribution in [0, 0.1) is 5.92 Å². The van der Waals surface area contributed by atoms with Crippen molar-refractivity contribution in [2.75, 3.05) is 27.2 Å². The van der Waals surface area contributed by atoms with Crippen molar-refractivity contribution in [2.24, 2.45) is 5.92 Å². The molecule has 3 atom stereocenters. The van der Waals surface area contributed by atoms with Crippen molar-refractivity contribution in [1.82, 2.24) is 15.5 Å². The summed E-state index contributed by atoms with van der Waals surface area (Å²) in [5.74, 6) is 0.884. The van der Waals surface area contributed by atoms with Gasteiger partial charge in [-0.1, -0.05) is 12.8 Å². The lowest BCUT2D eigenvalue weighted by Crippen LogP contribution is -2.59. The van der Waals surface area contributed by atoms with Crippen molar-refractivity contribution >= 4 is 0 Å². The Bertz CT molecular complexity index is 305. The molecule has 2 saturated carbocycles. The van der Waals surface area contributed by atoms with Gasteiger partial charge >= 0.3 is 0 Å². The minimum absolute atomic E-state index is 0.465. The van der Waals surface area contributed by atoms with Crippen LogP contribution in [0.3, 0.4) is 0 Å². The first-order chi connectivity index (χ1) is 9.71. The summed E-state index contributed by atoms with van der Waals surface area (Å²) >= 11 is 0. The van der Waals surface area contributed by atoms with E-state index in [9.17, 15) is 0 Å². The Morgan fingerprint density at radius 3 is 2.50 bits per heavy atom. The van der Waals surface area contributed by atoms with Crippen molar-refractivity contribution in [2.45, 2.75) is 75.4 Å². The third kappa shape index (κ3) is 2.90. The highest BCUT2D eigenvalue weighted by atomic mass is 15.2. The van der Waals surface area contributed by atoms with Gasteiger partial charge in [-0.05, 0) is 71.5 Å². The molecule has 3 rings (SSSR count). The molecule has 0 aromatic rings. The molecule has 1 saturated heterocycles. The molecule has 116 valence electrons. The van der Waals surface area contributed by atoms with Crippen LogP contribution in [-0.2, 0) is 0 Å². The second kappa shape index (κ2) is 6.33. The average Bonchev–Trinajstić information content (AvgIpc) is 2.86. The molecule has 3 nitrogen and oxygen atoms in total. The van der Waals surface area contributed by atoms with E-state index in [2.05, 4.69) is 29.6 Å². The SMILES string of the molecule is CN(C)C1(CNC2CCCC2C2CCCCN2)CCC1. The highest BCUT2D eigenvalue weighted by Gasteiger charge is 2.41. The van der Waals surface area contributed by atoms with Crippen LogP contribution in [0.25, 0.3) is 0 Å². The van der Waals surface area contributed by atoms with Crippen LogP contribution < -0.4 is 10.6 Å². The molecular weight excluding hydrogens is 246 g/mol. The monoisotopic (exact) mass is 279 g/mol. The summed E-state index contributed by atoms with van der Waals surface area (Å²) in [6, 6.07) is 1.56. The van der Waals surface area contributed by atoms with E-state index in [-0.39, 0.29) is 0 Å². The maximum absolute atomic E-state index is 3.97. The molecule has 0 aromatic heterocycles. The lowest BCUT2D eigenvalue weighted by molar-refractivity contribution is 0.0544. The first-order valence-corrected chi connectivity index (χ1v) is 8.85. The molecule has 1 heterocycles. The van der Waals surface area contributed by atoms with Gasteiger partial charge in [-0.2, -0.15) is 0 Å². The molecule has 0 aromatic carbocycles. The Balaban J connectivity index is 1.53. The molecule has 20 heavy (non-hydrogen) atoms. The summed E-state index contributed by atoms with van der Waals surface area (Å²) in [6.45, 7) is 2.45. The number of nitrogens with one attached hydrogen (secondary N) is 2. The molecule has 1 aliphatic heterocycles. The van der Waals surface area contributed by atoms with E-state index in [4.69, 9.17) is 0 Å². The molecule has 0 radical (unpaired) electrons. The summed E-state index contributed by atoms with van der Waals surface area (Å²) in [5, 5.41) is 7.76. The second-order valence-corrected chi connectivity index (χ2v) is 7.61. The largest absolute Gasteiger partial charge is 0.314 e. The Morgan fingerprint density at radius 2 is 1.90 bits per heavy atom. The van der Waals surface area contributed by atoms with Gasteiger partial charge in [-0.3, -0.25) is 0 Å². The van der Waals surface area contributed by atoms with Gasteiger partial charge in [-0.25, -0.2) is 0 Å². The van der Waals surface area contributed by atoms with Crippen molar-refractivity contribution in [3.8, 4) is 0 Å². The van der Waals surface area contributed by atoms with Crippen LogP contribution in [0.5, 0.6) is 0 Å². The summed E-state index contributed by atoms with van der Waals surface area (Å²) in [7, 11) is 4.52. The number of likely N-dealkylation sites (N-methyl/N-ethyl adjacent to an activating group) is 1. The Kier molecular flexibility index (Phi) is 4.68. The van der Waals surface area contributed by atoms with Crippen LogP contribution in [0.15, 0.2) is 0 Å². The minimum Gasteiger partial charge on any atom is -0.314 e. The summed E-state index contributed by atoms with van der Waals surface area (Å²) in [4.78, 5) is 2.46. The summed E-state index contributed by atoms with van der Waals surface area (Å²) < 4.78 is 0. The lowest BCUT2D eigenvalue weighted by atomic mass is 9.75. The number of hydrogen-bond donors (Lipinski definition) is 2. The van der Waals surface area contributed by atoms with Gasteiger partial charge in [-0.15, -0.1) is 0 Å². The van der Waals surface area contributed by atoms with E-state index in [1.807, 2.05) is 0 Å². The molecule has 2 aliphatic carbocycles. The third-order valence-corrected chi connectivity index (χ3v) is 6.36. The Morgan fingerprint density at radius 1 is 1.05 bits per heavy atom. The summed E-state index contributed by atoms with van der Waals surface area (Å²) in [6.07, 6.45) is 12.7. The zero-order valence-electron chi connectivity index (χ0n) is 13.5. The van der Waals surface area contributed by atoms with Crippen LogP contribution in [0.4, 0.5) is 0 Å². The maximum atomic E-state index is 3.97.